The number of imidazole rings is 1. The molecule has 1 amide bonds. The van der Waals surface area contributed by atoms with E-state index in [9.17, 15) is 4.79 Å². The molecule has 0 spiro atoms. The number of aromatic nitrogens is 2. The van der Waals surface area contributed by atoms with Crippen molar-refractivity contribution in [2.75, 3.05) is 19.6 Å². The Hall–Kier alpha value is -1.07. The lowest BCUT2D eigenvalue weighted by molar-refractivity contribution is 0.0932. The first-order chi connectivity index (χ1) is 7.70. The lowest BCUT2D eigenvalue weighted by Crippen LogP contribution is -2.48. The van der Waals surface area contributed by atoms with E-state index < -0.39 is 0 Å². The van der Waals surface area contributed by atoms with Crippen LogP contribution in [0.3, 0.4) is 0 Å². The van der Waals surface area contributed by atoms with E-state index >= 15 is 0 Å². The number of hydrogen-bond acceptors (Lipinski definition) is 3. The Morgan fingerprint density at radius 3 is 2.88 bits per heavy atom. The summed E-state index contributed by atoms with van der Waals surface area (Å²) in [7, 11) is 0. The number of hydrogen-bond donors (Lipinski definition) is 3. The zero-order chi connectivity index (χ0) is 11.5. The highest BCUT2D eigenvalue weighted by Crippen LogP contribution is 2.13. The molecule has 1 fully saturated rings. The van der Waals surface area contributed by atoms with Crippen molar-refractivity contribution in [3.05, 3.63) is 16.7 Å². The molecule has 1 saturated heterocycles. The van der Waals surface area contributed by atoms with E-state index in [1.165, 1.54) is 0 Å². The Morgan fingerprint density at radius 2 is 2.38 bits per heavy atom. The van der Waals surface area contributed by atoms with Crippen molar-refractivity contribution in [2.24, 2.45) is 5.92 Å². The molecule has 1 aliphatic rings. The van der Waals surface area contributed by atoms with Crippen LogP contribution in [0.2, 0.25) is 5.15 Å². The molecule has 0 aromatic carbocycles. The van der Waals surface area contributed by atoms with E-state index in [0.29, 0.717) is 23.4 Å². The Labute approximate surface area is 99.0 Å². The predicted molar refractivity (Wildman–Crippen MR) is 61.7 cm³/mol. The maximum Gasteiger partial charge on any atom is 0.287 e. The van der Waals surface area contributed by atoms with Gasteiger partial charge in [-0.25, -0.2) is 4.98 Å². The number of rotatable bonds is 4. The van der Waals surface area contributed by atoms with Crippen LogP contribution < -0.4 is 10.6 Å². The van der Waals surface area contributed by atoms with Crippen molar-refractivity contribution in [1.29, 1.82) is 0 Å². The molecular weight excluding hydrogens is 228 g/mol. The summed E-state index contributed by atoms with van der Waals surface area (Å²) in [5.41, 5.74) is 0.803. The normalized spacial score (nSPS) is 15.9. The SMILES string of the molecule is CCc1[nH]c(C(=O)NCC2CNC2)nc1Cl. The second-order valence-corrected chi connectivity index (χ2v) is 4.30. The van der Waals surface area contributed by atoms with Crippen molar-refractivity contribution in [2.45, 2.75) is 13.3 Å². The monoisotopic (exact) mass is 242 g/mol. The lowest BCUT2D eigenvalue weighted by Gasteiger charge is -2.26. The number of carbonyl (C=O) groups is 1. The molecular formula is C10H15ClN4O. The average Bonchev–Trinajstić information content (AvgIpc) is 2.57. The first kappa shape index (κ1) is 11.4. The summed E-state index contributed by atoms with van der Waals surface area (Å²) < 4.78 is 0. The minimum absolute atomic E-state index is 0.187. The predicted octanol–water partition coefficient (Wildman–Crippen LogP) is 0.575. The summed E-state index contributed by atoms with van der Waals surface area (Å²) in [5, 5.41) is 6.37. The van der Waals surface area contributed by atoms with Crippen LogP contribution in [0.4, 0.5) is 0 Å². The van der Waals surface area contributed by atoms with Crippen LogP contribution in [-0.2, 0) is 6.42 Å². The van der Waals surface area contributed by atoms with Crippen molar-refractivity contribution >= 4 is 17.5 Å². The van der Waals surface area contributed by atoms with Crippen LogP contribution in [-0.4, -0.2) is 35.5 Å². The molecule has 16 heavy (non-hydrogen) atoms. The fourth-order valence-electron chi connectivity index (χ4n) is 1.54. The number of aryl methyl sites for hydroxylation is 1. The summed E-state index contributed by atoms with van der Waals surface area (Å²) in [5.74, 6) is 0.655. The van der Waals surface area contributed by atoms with E-state index in [1.807, 2.05) is 6.92 Å². The van der Waals surface area contributed by atoms with Crippen LogP contribution in [0.15, 0.2) is 0 Å². The van der Waals surface area contributed by atoms with Crippen molar-refractivity contribution in [3.63, 3.8) is 0 Å². The third kappa shape index (κ3) is 2.36. The molecule has 88 valence electrons. The highest BCUT2D eigenvalue weighted by molar-refractivity contribution is 6.30. The lowest BCUT2D eigenvalue weighted by atomic mass is 10.0. The van der Waals surface area contributed by atoms with Crippen LogP contribution in [0.25, 0.3) is 0 Å². The largest absolute Gasteiger partial charge is 0.349 e. The van der Waals surface area contributed by atoms with Crippen LogP contribution in [0.5, 0.6) is 0 Å². The second-order valence-electron chi connectivity index (χ2n) is 3.94. The molecule has 5 nitrogen and oxygen atoms in total. The van der Waals surface area contributed by atoms with E-state index in [0.717, 1.165) is 25.2 Å². The Morgan fingerprint density at radius 1 is 1.62 bits per heavy atom. The van der Waals surface area contributed by atoms with Crippen LogP contribution in [0.1, 0.15) is 23.2 Å². The van der Waals surface area contributed by atoms with Crippen molar-refractivity contribution in [1.82, 2.24) is 20.6 Å². The van der Waals surface area contributed by atoms with Gasteiger partial charge in [0.2, 0.25) is 0 Å². The van der Waals surface area contributed by atoms with Gasteiger partial charge in [-0.05, 0) is 6.42 Å². The molecule has 1 aromatic heterocycles. The van der Waals surface area contributed by atoms with Gasteiger partial charge in [-0.2, -0.15) is 0 Å². The van der Waals surface area contributed by atoms with Crippen molar-refractivity contribution in [3.8, 4) is 0 Å². The van der Waals surface area contributed by atoms with Gasteiger partial charge in [0.25, 0.3) is 5.91 Å². The van der Waals surface area contributed by atoms with Gasteiger partial charge in [0.15, 0.2) is 11.0 Å². The van der Waals surface area contributed by atoms with E-state index in [1.54, 1.807) is 0 Å². The van der Waals surface area contributed by atoms with Crippen LogP contribution in [0, 0.1) is 5.92 Å². The number of nitrogens with zero attached hydrogens (tertiary/aromatic N) is 1. The van der Waals surface area contributed by atoms with Gasteiger partial charge in [-0.15, -0.1) is 0 Å². The molecule has 3 N–H and O–H groups in total. The second kappa shape index (κ2) is 4.84. The fourth-order valence-corrected chi connectivity index (χ4v) is 1.81. The number of aromatic amines is 1. The number of amides is 1. The summed E-state index contributed by atoms with van der Waals surface area (Å²) in [4.78, 5) is 18.6. The minimum Gasteiger partial charge on any atom is -0.349 e. The summed E-state index contributed by atoms with van der Waals surface area (Å²) in [6.07, 6.45) is 0.742. The molecule has 0 unspecified atom stereocenters. The zero-order valence-electron chi connectivity index (χ0n) is 9.14. The smallest absolute Gasteiger partial charge is 0.287 e. The first-order valence-corrected chi connectivity index (χ1v) is 5.81. The van der Waals surface area contributed by atoms with Gasteiger partial charge >= 0.3 is 0 Å². The summed E-state index contributed by atoms with van der Waals surface area (Å²) in [6.45, 7) is 4.59. The molecule has 1 aromatic rings. The summed E-state index contributed by atoms with van der Waals surface area (Å²) >= 11 is 5.86. The van der Waals surface area contributed by atoms with Gasteiger partial charge in [0, 0.05) is 25.6 Å². The van der Waals surface area contributed by atoms with E-state index in [4.69, 9.17) is 11.6 Å². The standard InChI is InChI=1S/C10H15ClN4O/c1-2-7-8(11)15-9(14-7)10(16)13-5-6-3-12-4-6/h6,12H,2-5H2,1H3,(H,13,16)(H,14,15). The Balaban J connectivity index is 1.91. The molecule has 0 atom stereocenters. The number of halogens is 1. The maximum absolute atomic E-state index is 11.7. The Bertz CT molecular complexity index is 386. The van der Waals surface area contributed by atoms with Crippen LogP contribution >= 0.6 is 11.6 Å². The van der Waals surface area contributed by atoms with E-state index in [-0.39, 0.29) is 5.91 Å². The number of H-pyrrole nitrogens is 1. The molecule has 0 bridgehead atoms. The third-order valence-electron chi connectivity index (χ3n) is 2.71. The van der Waals surface area contributed by atoms with Crippen molar-refractivity contribution < 1.29 is 4.79 Å². The highest BCUT2D eigenvalue weighted by Gasteiger charge is 2.19. The Kier molecular flexibility index (Phi) is 3.46. The minimum atomic E-state index is -0.187. The molecule has 0 aliphatic carbocycles. The van der Waals surface area contributed by atoms with Gasteiger partial charge in [0.05, 0.1) is 5.69 Å². The zero-order valence-corrected chi connectivity index (χ0v) is 9.90. The van der Waals surface area contributed by atoms with E-state index in [2.05, 4.69) is 20.6 Å². The van der Waals surface area contributed by atoms with Gasteiger partial charge < -0.3 is 15.6 Å². The molecule has 2 heterocycles. The molecule has 2 rings (SSSR count). The third-order valence-corrected chi connectivity index (χ3v) is 3.03. The molecule has 0 saturated carbocycles. The molecule has 0 radical (unpaired) electrons. The molecule has 1 aliphatic heterocycles. The van der Waals surface area contributed by atoms with Gasteiger partial charge in [-0.1, -0.05) is 18.5 Å². The quantitative estimate of drug-likeness (QED) is 0.723. The fraction of sp³-hybridized carbons (Fsp3) is 0.600. The van der Waals surface area contributed by atoms with Gasteiger partial charge in [-0.3, -0.25) is 4.79 Å². The number of carbonyl (C=O) groups excluding carboxylic acids is 1. The van der Waals surface area contributed by atoms with Gasteiger partial charge in [0.1, 0.15) is 0 Å². The first-order valence-electron chi connectivity index (χ1n) is 5.44. The maximum atomic E-state index is 11.7. The number of nitrogens with one attached hydrogen (secondary N) is 3. The summed E-state index contributed by atoms with van der Waals surface area (Å²) in [6, 6.07) is 0. The topological polar surface area (TPSA) is 69.8 Å². The molecule has 6 heteroatoms. The highest BCUT2D eigenvalue weighted by atomic mass is 35.5. The average molecular weight is 243 g/mol.